The molecule has 2 atom stereocenters. The van der Waals surface area contributed by atoms with Gasteiger partial charge in [-0.15, -0.1) is 13.0 Å². The summed E-state index contributed by atoms with van der Waals surface area (Å²) in [4.78, 5) is 11.5. The van der Waals surface area contributed by atoms with E-state index in [0.29, 0.717) is 6.42 Å². The Morgan fingerprint density at radius 2 is 2.38 bits per heavy atom. The molecule has 0 aliphatic carbocycles. The lowest BCUT2D eigenvalue weighted by molar-refractivity contribution is -0.151. The minimum Gasteiger partial charge on any atom is -0.469 e. The molecule has 0 aromatic rings. The standard InChI is InChI=1S/C13H16O3/c1-5-9-13(3,12(15)16-4)10-7-8-11(14)6-2/h2,5,11,14H,1,9-10H2,3-4H3. The molecule has 0 bridgehead atoms. The Morgan fingerprint density at radius 3 is 2.81 bits per heavy atom. The zero-order chi connectivity index (χ0) is 12.6. The largest absolute Gasteiger partial charge is 0.469 e. The number of allylic oxidation sites excluding steroid dienone is 1. The van der Waals surface area contributed by atoms with Crippen LogP contribution in [0.25, 0.3) is 0 Å². The van der Waals surface area contributed by atoms with Gasteiger partial charge in [0.25, 0.3) is 0 Å². The van der Waals surface area contributed by atoms with Crippen LogP contribution in [-0.2, 0) is 9.53 Å². The molecule has 0 aromatic heterocycles. The molecule has 1 N–H and O–H groups in total. The minimum absolute atomic E-state index is 0.268. The van der Waals surface area contributed by atoms with Crippen molar-refractivity contribution in [1.82, 2.24) is 0 Å². The van der Waals surface area contributed by atoms with E-state index in [1.165, 1.54) is 7.11 Å². The van der Waals surface area contributed by atoms with E-state index in [4.69, 9.17) is 16.3 Å². The number of rotatable bonds is 4. The Kier molecular flexibility index (Phi) is 6.00. The van der Waals surface area contributed by atoms with Crippen LogP contribution in [0.15, 0.2) is 12.7 Å². The third kappa shape index (κ3) is 4.21. The van der Waals surface area contributed by atoms with Crippen LogP contribution in [0.4, 0.5) is 0 Å². The number of carbonyl (C=O) groups is 1. The Bertz CT molecular complexity index is 354. The highest BCUT2D eigenvalue weighted by molar-refractivity contribution is 5.76. The zero-order valence-corrected chi connectivity index (χ0v) is 9.62. The van der Waals surface area contributed by atoms with Gasteiger partial charge in [-0.2, -0.15) is 0 Å². The SMILES string of the molecule is C#CC(O)C#CCC(C)(CC=C)C(=O)OC. The second-order valence-electron chi connectivity index (χ2n) is 3.61. The van der Waals surface area contributed by atoms with Crippen molar-refractivity contribution in [2.75, 3.05) is 7.11 Å². The van der Waals surface area contributed by atoms with E-state index in [1.807, 2.05) is 0 Å². The quantitative estimate of drug-likeness (QED) is 0.439. The van der Waals surface area contributed by atoms with Crippen molar-refractivity contribution in [3.05, 3.63) is 12.7 Å². The fourth-order valence-electron chi connectivity index (χ4n) is 1.18. The lowest BCUT2D eigenvalue weighted by atomic mass is 9.83. The molecule has 0 radical (unpaired) electrons. The molecular formula is C13H16O3. The average Bonchev–Trinajstić information content (AvgIpc) is 2.27. The first-order valence-electron chi connectivity index (χ1n) is 4.82. The predicted octanol–water partition coefficient (Wildman–Crippen LogP) is 1.13. The maximum Gasteiger partial charge on any atom is 0.312 e. The summed E-state index contributed by atoms with van der Waals surface area (Å²) in [5.74, 6) is 6.86. The van der Waals surface area contributed by atoms with E-state index in [-0.39, 0.29) is 12.4 Å². The summed E-state index contributed by atoms with van der Waals surface area (Å²) < 4.78 is 4.69. The Labute approximate surface area is 96.5 Å². The van der Waals surface area contributed by atoms with Crippen molar-refractivity contribution in [2.45, 2.75) is 25.9 Å². The van der Waals surface area contributed by atoms with E-state index in [1.54, 1.807) is 13.0 Å². The highest BCUT2D eigenvalue weighted by atomic mass is 16.5. The highest BCUT2D eigenvalue weighted by Gasteiger charge is 2.32. The molecule has 0 rings (SSSR count). The van der Waals surface area contributed by atoms with Gasteiger partial charge in [-0.05, 0) is 13.3 Å². The van der Waals surface area contributed by atoms with E-state index < -0.39 is 11.5 Å². The summed E-state index contributed by atoms with van der Waals surface area (Å²) in [5, 5.41) is 9.03. The lowest BCUT2D eigenvalue weighted by Gasteiger charge is -2.22. The highest BCUT2D eigenvalue weighted by Crippen LogP contribution is 2.27. The first-order valence-corrected chi connectivity index (χ1v) is 4.82. The molecule has 0 heterocycles. The second-order valence-corrected chi connectivity index (χ2v) is 3.61. The van der Waals surface area contributed by atoms with Gasteiger partial charge in [-0.1, -0.05) is 23.8 Å². The maximum absolute atomic E-state index is 11.5. The number of methoxy groups -OCH3 is 1. The number of carbonyl (C=O) groups excluding carboxylic acids is 1. The van der Waals surface area contributed by atoms with Crippen LogP contribution in [-0.4, -0.2) is 24.3 Å². The van der Waals surface area contributed by atoms with Gasteiger partial charge in [0.1, 0.15) is 0 Å². The van der Waals surface area contributed by atoms with Crippen LogP contribution >= 0.6 is 0 Å². The summed E-state index contributed by atoms with van der Waals surface area (Å²) in [5.41, 5.74) is -0.738. The summed E-state index contributed by atoms with van der Waals surface area (Å²) in [6.07, 6.45) is 6.23. The topological polar surface area (TPSA) is 46.5 Å². The van der Waals surface area contributed by atoms with Crippen LogP contribution in [0.3, 0.4) is 0 Å². The summed E-state index contributed by atoms with van der Waals surface area (Å²) in [7, 11) is 1.33. The molecule has 0 spiro atoms. The van der Waals surface area contributed by atoms with Gasteiger partial charge in [0, 0.05) is 6.42 Å². The molecule has 16 heavy (non-hydrogen) atoms. The smallest absolute Gasteiger partial charge is 0.312 e. The summed E-state index contributed by atoms with van der Waals surface area (Å²) in [6, 6.07) is 0. The van der Waals surface area contributed by atoms with Gasteiger partial charge in [-0.3, -0.25) is 4.79 Å². The van der Waals surface area contributed by atoms with Crippen molar-refractivity contribution < 1.29 is 14.6 Å². The van der Waals surface area contributed by atoms with Crippen LogP contribution in [0.2, 0.25) is 0 Å². The van der Waals surface area contributed by atoms with E-state index in [0.717, 1.165) is 0 Å². The van der Waals surface area contributed by atoms with Crippen molar-refractivity contribution in [1.29, 1.82) is 0 Å². The molecule has 3 heteroatoms. The van der Waals surface area contributed by atoms with E-state index >= 15 is 0 Å². The number of hydrogen-bond donors (Lipinski definition) is 1. The Hall–Kier alpha value is -1.71. The number of terminal acetylenes is 1. The molecule has 86 valence electrons. The van der Waals surface area contributed by atoms with Crippen LogP contribution in [0.1, 0.15) is 19.8 Å². The molecule has 0 saturated heterocycles. The average molecular weight is 220 g/mol. The first-order chi connectivity index (χ1) is 7.50. The van der Waals surface area contributed by atoms with Gasteiger partial charge < -0.3 is 9.84 Å². The molecular weight excluding hydrogens is 204 g/mol. The van der Waals surface area contributed by atoms with Gasteiger partial charge >= 0.3 is 5.97 Å². The van der Waals surface area contributed by atoms with E-state index in [9.17, 15) is 4.79 Å². The second kappa shape index (κ2) is 6.71. The van der Waals surface area contributed by atoms with Gasteiger partial charge in [-0.25, -0.2) is 0 Å². The molecule has 3 nitrogen and oxygen atoms in total. The Balaban J connectivity index is 4.68. The van der Waals surface area contributed by atoms with Crippen LogP contribution in [0, 0.1) is 29.6 Å². The molecule has 0 saturated carbocycles. The van der Waals surface area contributed by atoms with Gasteiger partial charge in [0.15, 0.2) is 6.10 Å². The van der Waals surface area contributed by atoms with Gasteiger partial charge in [0.2, 0.25) is 0 Å². The number of aliphatic hydroxyl groups is 1. The van der Waals surface area contributed by atoms with Crippen LogP contribution in [0.5, 0.6) is 0 Å². The van der Waals surface area contributed by atoms with Crippen molar-refractivity contribution in [3.8, 4) is 24.2 Å². The predicted molar refractivity (Wildman–Crippen MR) is 62.2 cm³/mol. The fourth-order valence-corrected chi connectivity index (χ4v) is 1.18. The van der Waals surface area contributed by atoms with Crippen molar-refractivity contribution >= 4 is 5.97 Å². The first kappa shape index (κ1) is 14.3. The molecule has 0 aliphatic rings. The number of esters is 1. The molecule has 0 fully saturated rings. The zero-order valence-electron chi connectivity index (χ0n) is 9.62. The molecule has 2 unspecified atom stereocenters. The van der Waals surface area contributed by atoms with Crippen molar-refractivity contribution in [3.63, 3.8) is 0 Å². The van der Waals surface area contributed by atoms with E-state index in [2.05, 4.69) is 24.3 Å². The number of hydrogen-bond acceptors (Lipinski definition) is 3. The van der Waals surface area contributed by atoms with Crippen LogP contribution < -0.4 is 0 Å². The molecule has 0 aromatic carbocycles. The minimum atomic E-state index is -1.09. The Morgan fingerprint density at radius 1 is 1.75 bits per heavy atom. The third-order valence-electron chi connectivity index (χ3n) is 2.15. The lowest BCUT2D eigenvalue weighted by Crippen LogP contribution is -2.28. The molecule has 0 amide bonds. The third-order valence-corrected chi connectivity index (χ3v) is 2.15. The number of aliphatic hydroxyl groups excluding tert-OH is 1. The van der Waals surface area contributed by atoms with Crippen molar-refractivity contribution in [2.24, 2.45) is 5.41 Å². The summed E-state index contributed by atoms with van der Waals surface area (Å²) in [6.45, 7) is 5.32. The fraction of sp³-hybridized carbons (Fsp3) is 0.462. The maximum atomic E-state index is 11.5. The monoisotopic (exact) mass is 220 g/mol. The normalized spacial score (nSPS) is 14.6. The van der Waals surface area contributed by atoms with Gasteiger partial charge in [0.05, 0.1) is 12.5 Å². The molecule has 0 aliphatic heterocycles. The number of ether oxygens (including phenoxy) is 1. The summed E-state index contributed by atoms with van der Waals surface area (Å²) >= 11 is 0.